The molecule has 4 heterocycles. The van der Waals surface area contributed by atoms with Gasteiger partial charge >= 0.3 is 0 Å². The van der Waals surface area contributed by atoms with Crippen molar-refractivity contribution in [2.24, 2.45) is 5.92 Å². The molecule has 1 aromatic carbocycles. The highest BCUT2D eigenvalue weighted by Gasteiger charge is 2.24. The number of thioether (sulfide) groups is 1. The maximum absolute atomic E-state index is 13.4. The van der Waals surface area contributed by atoms with Gasteiger partial charge in [-0.1, -0.05) is 29.5 Å². The number of aryl methyl sites for hydroxylation is 1. The highest BCUT2D eigenvalue weighted by atomic mass is 32.2. The molecule has 1 fully saturated rings. The van der Waals surface area contributed by atoms with Crippen LogP contribution in [0.3, 0.4) is 0 Å². The molecular weight excluding hydrogens is 468 g/mol. The molecule has 9 heteroatoms. The fraction of sp³-hybridized carbons (Fsp3) is 0.320. The van der Waals surface area contributed by atoms with E-state index in [1.54, 1.807) is 49.8 Å². The van der Waals surface area contributed by atoms with E-state index >= 15 is 0 Å². The predicted octanol–water partition coefficient (Wildman–Crippen LogP) is 4.63. The van der Waals surface area contributed by atoms with E-state index in [4.69, 9.17) is 0 Å². The minimum Gasteiger partial charge on any atom is -0.371 e. The van der Waals surface area contributed by atoms with Gasteiger partial charge in [0.05, 0.1) is 16.6 Å². The summed E-state index contributed by atoms with van der Waals surface area (Å²) in [4.78, 5) is 22.9. The third-order valence-corrected chi connectivity index (χ3v) is 9.14. The van der Waals surface area contributed by atoms with E-state index in [0.717, 1.165) is 59.2 Å². The Morgan fingerprint density at radius 1 is 1.09 bits per heavy atom. The van der Waals surface area contributed by atoms with Gasteiger partial charge in [0.2, 0.25) is 0 Å². The molecule has 7 nitrogen and oxygen atoms in total. The van der Waals surface area contributed by atoms with Gasteiger partial charge in [-0.15, -0.1) is 0 Å². The Hall–Kier alpha value is -2.91. The van der Waals surface area contributed by atoms with Gasteiger partial charge in [-0.05, 0) is 49.9 Å². The first kappa shape index (κ1) is 22.9. The molecule has 0 bridgehead atoms. The number of pyridine rings is 2. The minimum absolute atomic E-state index is 0.169. The van der Waals surface area contributed by atoms with Gasteiger partial charge in [0.15, 0.2) is 10.8 Å². The lowest BCUT2D eigenvalue weighted by atomic mass is 9.98. The van der Waals surface area contributed by atoms with Crippen LogP contribution in [0.2, 0.25) is 0 Å². The second-order valence-electron chi connectivity index (χ2n) is 8.75. The van der Waals surface area contributed by atoms with Crippen LogP contribution in [0.1, 0.15) is 25.3 Å². The van der Waals surface area contributed by atoms with Crippen molar-refractivity contribution >= 4 is 54.5 Å². The average molecular weight is 495 g/mol. The maximum atomic E-state index is 13.4. The molecule has 0 unspecified atom stereocenters. The highest BCUT2D eigenvalue weighted by molar-refractivity contribution is 8.13. The fourth-order valence-electron chi connectivity index (χ4n) is 4.55. The predicted molar refractivity (Wildman–Crippen MR) is 137 cm³/mol. The highest BCUT2D eigenvalue weighted by Crippen LogP contribution is 2.35. The van der Waals surface area contributed by atoms with Crippen LogP contribution in [0.15, 0.2) is 59.9 Å². The van der Waals surface area contributed by atoms with Gasteiger partial charge < -0.3 is 4.90 Å². The Morgan fingerprint density at radius 3 is 2.53 bits per heavy atom. The molecule has 0 radical (unpaired) electrons. The largest absolute Gasteiger partial charge is 0.371 e. The first-order chi connectivity index (χ1) is 16.3. The van der Waals surface area contributed by atoms with Crippen LogP contribution in [0.5, 0.6) is 0 Å². The fourth-order valence-corrected chi connectivity index (χ4v) is 6.65. The molecule has 0 atom stereocenters. The zero-order valence-electron chi connectivity index (χ0n) is 19.1. The number of hydrogen-bond donors (Lipinski definition) is 0. The first-order valence-corrected chi connectivity index (χ1v) is 13.7. The van der Waals surface area contributed by atoms with Crippen LogP contribution in [-0.2, 0) is 14.8 Å². The molecule has 1 aliphatic rings. The number of piperidine rings is 1. The molecule has 3 aromatic heterocycles. The number of carbonyl (C=O) groups excluding carboxylic acids is 1. The van der Waals surface area contributed by atoms with E-state index < -0.39 is 10.0 Å². The van der Waals surface area contributed by atoms with E-state index in [0.29, 0.717) is 11.6 Å². The van der Waals surface area contributed by atoms with Gasteiger partial charge in [-0.3, -0.25) is 9.78 Å². The molecule has 0 saturated carbocycles. The van der Waals surface area contributed by atoms with Crippen LogP contribution in [0, 0.1) is 12.8 Å². The monoisotopic (exact) mass is 494 g/mol. The topological polar surface area (TPSA) is 85.2 Å². The van der Waals surface area contributed by atoms with E-state index in [2.05, 4.69) is 14.9 Å². The second-order valence-corrected chi connectivity index (χ2v) is 11.8. The zero-order valence-corrected chi connectivity index (χ0v) is 20.8. The van der Waals surface area contributed by atoms with Crippen molar-refractivity contribution < 1.29 is 13.2 Å². The molecule has 5 rings (SSSR count). The summed E-state index contributed by atoms with van der Waals surface area (Å²) in [7, 11) is -3.78. The number of fused-ring (bicyclic) bond motifs is 3. The van der Waals surface area contributed by atoms with E-state index in [1.807, 2.05) is 19.1 Å². The Bertz CT molecular complexity index is 1470. The van der Waals surface area contributed by atoms with Crippen LogP contribution in [-0.4, -0.2) is 46.3 Å². The van der Waals surface area contributed by atoms with E-state index in [9.17, 15) is 13.2 Å². The third kappa shape index (κ3) is 4.18. The molecule has 0 amide bonds. The third-order valence-electron chi connectivity index (χ3n) is 6.42. The molecular formula is C25H26N4O3S2. The Labute approximate surface area is 203 Å². The minimum atomic E-state index is -3.78. The molecule has 0 spiro atoms. The second kappa shape index (κ2) is 9.03. The lowest BCUT2D eigenvalue weighted by molar-refractivity contribution is -0.109. The molecule has 0 N–H and O–H groups in total. The summed E-state index contributed by atoms with van der Waals surface area (Å²) in [5.41, 5.74) is 3.18. The van der Waals surface area contributed by atoms with Gasteiger partial charge in [0.25, 0.3) is 10.0 Å². The van der Waals surface area contributed by atoms with Gasteiger partial charge in [-0.2, -0.15) is 0 Å². The van der Waals surface area contributed by atoms with Gasteiger partial charge in [0.1, 0.15) is 0 Å². The molecule has 1 saturated heterocycles. The van der Waals surface area contributed by atoms with Crippen LogP contribution >= 0.6 is 11.8 Å². The molecule has 176 valence electrons. The number of rotatable bonds is 5. The van der Waals surface area contributed by atoms with Gasteiger partial charge in [0, 0.05) is 54.6 Å². The number of hydrogen-bond acceptors (Lipinski definition) is 7. The van der Waals surface area contributed by atoms with Gasteiger partial charge in [-0.25, -0.2) is 17.4 Å². The zero-order chi connectivity index (χ0) is 23.9. The molecule has 4 aromatic rings. The van der Waals surface area contributed by atoms with E-state index in [1.165, 1.54) is 15.7 Å². The summed E-state index contributed by atoms with van der Waals surface area (Å²) in [6, 6.07) is 10.7. The van der Waals surface area contributed by atoms with Crippen molar-refractivity contribution in [1.82, 2.24) is 13.9 Å². The average Bonchev–Trinajstić information content (AvgIpc) is 3.28. The quantitative estimate of drug-likeness (QED) is 0.400. The van der Waals surface area contributed by atoms with Crippen LogP contribution in [0.25, 0.3) is 21.9 Å². The summed E-state index contributed by atoms with van der Waals surface area (Å²) >= 11 is 1.41. The van der Waals surface area contributed by atoms with E-state index in [-0.39, 0.29) is 10.0 Å². The lowest BCUT2D eigenvalue weighted by Crippen LogP contribution is -2.34. The summed E-state index contributed by atoms with van der Waals surface area (Å²) in [5, 5.41) is 1.86. The maximum Gasteiger partial charge on any atom is 0.269 e. The van der Waals surface area contributed by atoms with Crippen molar-refractivity contribution in [3.8, 4) is 0 Å². The van der Waals surface area contributed by atoms with Crippen molar-refractivity contribution in [3.63, 3.8) is 0 Å². The molecule has 1 aliphatic heterocycles. The normalized spacial score (nSPS) is 15.3. The summed E-state index contributed by atoms with van der Waals surface area (Å²) in [5.74, 6) is 1.40. The summed E-state index contributed by atoms with van der Waals surface area (Å²) in [6.45, 7) is 5.31. The van der Waals surface area contributed by atoms with Crippen molar-refractivity contribution in [2.75, 3.05) is 23.7 Å². The number of carbonyl (C=O) groups is 1. The Morgan fingerprint density at radius 2 is 1.82 bits per heavy atom. The number of benzene rings is 1. The molecule has 0 aliphatic carbocycles. The number of nitrogens with zero attached hydrogens (tertiary/aromatic N) is 4. The standard InChI is InChI=1S/C25H26N4O3S2/c1-17-3-5-20(6-4-17)34(31,32)29-14-10-21-24-22(15-27-25(21)29)26-11-7-23(24)28-12-8-19(9-13-28)16-33-18(2)30/h3-7,10-11,14-15,19H,8-9,12-13,16H2,1-2H3. The number of aromatic nitrogens is 3. The van der Waals surface area contributed by atoms with Crippen molar-refractivity contribution in [1.29, 1.82) is 0 Å². The molecule has 34 heavy (non-hydrogen) atoms. The lowest BCUT2D eigenvalue weighted by Gasteiger charge is -2.34. The summed E-state index contributed by atoms with van der Waals surface area (Å²) < 4.78 is 28.0. The van der Waals surface area contributed by atoms with Crippen molar-refractivity contribution in [3.05, 3.63) is 60.6 Å². The smallest absolute Gasteiger partial charge is 0.269 e. The first-order valence-electron chi connectivity index (χ1n) is 11.3. The Balaban J connectivity index is 1.53. The van der Waals surface area contributed by atoms with Crippen LogP contribution < -0.4 is 4.90 Å². The summed E-state index contributed by atoms with van der Waals surface area (Å²) in [6.07, 6.45) is 7.04. The SMILES string of the molecule is CC(=O)SCC1CCN(c2ccnc3cnc4c(ccn4S(=O)(=O)c4ccc(C)cc4)c23)CC1. The number of anilines is 1. The van der Waals surface area contributed by atoms with Crippen LogP contribution in [0.4, 0.5) is 5.69 Å². The Kier molecular flexibility index (Phi) is 6.07. The van der Waals surface area contributed by atoms with Crippen molar-refractivity contribution in [2.45, 2.75) is 31.6 Å².